The van der Waals surface area contributed by atoms with Crippen molar-refractivity contribution in [1.29, 1.82) is 0 Å². The van der Waals surface area contributed by atoms with E-state index in [9.17, 15) is 4.79 Å². The molecule has 4 heteroatoms. The zero-order chi connectivity index (χ0) is 15.8. The number of nitrogens with one attached hydrogen (secondary N) is 1. The highest BCUT2D eigenvalue weighted by atomic mass is 16.5. The molecule has 0 bridgehead atoms. The van der Waals surface area contributed by atoms with E-state index in [2.05, 4.69) is 31.0 Å². The Morgan fingerprint density at radius 1 is 1.38 bits per heavy atom. The van der Waals surface area contributed by atoms with Crippen molar-refractivity contribution in [2.24, 2.45) is 0 Å². The van der Waals surface area contributed by atoms with E-state index in [1.807, 2.05) is 6.92 Å². The van der Waals surface area contributed by atoms with Gasteiger partial charge in [0, 0.05) is 12.6 Å². The third-order valence-corrected chi connectivity index (χ3v) is 3.36. The maximum Gasteiger partial charge on any atom is 0.307 e. The van der Waals surface area contributed by atoms with E-state index in [0.717, 1.165) is 16.9 Å². The first kappa shape index (κ1) is 17.2. The second-order valence-corrected chi connectivity index (χ2v) is 5.15. The zero-order valence-corrected chi connectivity index (χ0v) is 13.4. The Kier molecular flexibility index (Phi) is 6.96. The Balaban J connectivity index is 2.95. The molecule has 1 aromatic rings. The zero-order valence-electron chi connectivity index (χ0n) is 13.4. The molecule has 1 rings (SSSR count). The van der Waals surface area contributed by atoms with Crippen LogP contribution in [0.5, 0.6) is 5.75 Å². The van der Waals surface area contributed by atoms with Gasteiger partial charge >= 0.3 is 5.97 Å². The van der Waals surface area contributed by atoms with Crippen LogP contribution in [0.15, 0.2) is 24.8 Å². The van der Waals surface area contributed by atoms with Crippen LogP contribution in [0.3, 0.4) is 0 Å². The molecule has 0 heterocycles. The third kappa shape index (κ3) is 5.23. The largest absolute Gasteiger partial charge is 0.496 e. The average molecular weight is 291 g/mol. The fourth-order valence-corrected chi connectivity index (χ4v) is 2.50. The SMILES string of the molecule is C=CCNC(CC(=O)OC)Cc1cc(C)cc(C)c1OC. The summed E-state index contributed by atoms with van der Waals surface area (Å²) in [6.45, 7) is 8.43. The summed E-state index contributed by atoms with van der Waals surface area (Å²) < 4.78 is 10.3. The molecule has 0 radical (unpaired) electrons. The third-order valence-electron chi connectivity index (χ3n) is 3.36. The topological polar surface area (TPSA) is 47.6 Å². The molecular formula is C17H25NO3. The van der Waals surface area contributed by atoms with Gasteiger partial charge in [0.15, 0.2) is 0 Å². The van der Waals surface area contributed by atoms with Crippen molar-refractivity contribution in [3.8, 4) is 5.75 Å². The van der Waals surface area contributed by atoms with Crippen molar-refractivity contribution in [1.82, 2.24) is 5.32 Å². The molecule has 0 aliphatic rings. The number of benzene rings is 1. The molecule has 1 N–H and O–H groups in total. The number of carbonyl (C=O) groups excluding carboxylic acids is 1. The summed E-state index contributed by atoms with van der Waals surface area (Å²) in [4.78, 5) is 11.5. The monoisotopic (exact) mass is 291 g/mol. The highest BCUT2D eigenvalue weighted by Crippen LogP contribution is 2.26. The van der Waals surface area contributed by atoms with Crippen molar-refractivity contribution < 1.29 is 14.3 Å². The Morgan fingerprint density at radius 3 is 2.67 bits per heavy atom. The number of hydrogen-bond acceptors (Lipinski definition) is 4. The van der Waals surface area contributed by atoms with Gasteiger partial charge in [-0.2, -0.15) is 0 Å². The number of ether oxygens (including phenoxy) is 2. The maximum absolute atomic E-state index is 11.5. The molecule has 0 aromatic heterocycles. The smallest absolute Gasteiger partial charge is 0.307 e. The Hall–Kier alpha value is -1.81. The van der Waals surface area contributed by atoms with Crippen LogP contribution >= 0.6 is 0 Å². The van der Waals surface area contributed by atoms with Gasteiger partial charge < -0.3 is 14.8 Å². The first-order valence-corrected chi connectivity index (χ1v) is 7.07. The van der Waals surface area contributed by atoms with Gasteiger partial charge in [0.1, 0.15) is 5.75 Å². The predicted molar refractivity (Wildman–Crippen MR) is 84.8 cm³/mol. The molecule has 0 spiro atoms. The van der Waals surface area contributed by atoms with Crippen LogP contribution in [0.2, 0.25) is 0 Å². The van der Waals surface area contributed by atoms with Gasteiger partial charge in [-0.1, -0.05) is 23.8 Å². The van der Waals surface area contributed by atoms with E-state index in [-0.39, 0.29) is 12.0 Å². The van der Waals surface area contributed by atoms with Crippen LogP contribution in [0, 0.1) is 13.8 Å². The number of carbonyl (C=O) groups is 1. The van der Waals surface area contributed by atoms with Crippen LogP contribution in [0.25, 0.3) is 0 Å². The van der Waals surface area contributed by atoms with E-state index in [4.69, 9.17) is 9.47 Å². The molecule has 21 heavy (non-hydrogen) atoms. The molecule has 0 fully saturated rings. The summed E-state index contributed by atoms with van der Waals surface area (Å²) in [5.41, 5.74) is 3.39. The fraction of sp³-hybridized carbons (Fsp3) is 0.471. The molecule has 1 atom stereocenters. The fourth-order valence-electron chi connectivity index (χ4n) is 2.50. The second-order valence-electron chi connectivity index (χ2n) is 5.15. The normalized spacial score (nSPS) is 11.8. The van der Waals surface area contributed by atoms with Crippen LogP contribution < -0.4 is 10.1 Å². The van der Waals surface area contributed by atoms with Crippen molar-refractivity contribution in [3.05, 3.63) is 41.5 Å². The summed E-state index contributed by atoms with van der Waals surface area (Å²) in [7, 11) is 3.08. The molecule has 4 nitrogen and oxygen atoms in total. The molecule has 0 aliphatic heterocycles. The van der Waals surface area contributed by atoms with Crippen LogP contribution in [-0.2, 0) is 16.0 Å². The van der Waals surface area contributed by atoms with Crippen molar-refractivity contribution in [2.75, 3.05) is 20.8 Å². The minimum atomic E-state index is -0.222. The van der Waals surface area contributed by atoms with Gasteiger partial charge in [0.2, 0.25) is 0 Å². The minimum Gasteiger partial charge on any atom is -0.496 e. The lowest BCUT2D eigenvalue weighted by molar-refractivity contribution is -0.141. The molecule has 0 saturated heterocycles. The van der Waals surface area contributed by atoms with E-state index < -0.39 is 0 Å². The number of esters is 1. The van der Waals surface area contributed by atoms with E-state index in [1.165, 1.54) is 12.7 Å². The van der Waals surface area contributed by atoms with Gasteiger partial charge in [-0.25, -0.2) is 0 Å². The van der Waals surface area contributed by atoms with Gasteiger partial charge in [-0.3, -0.25) is 4.79 Å². The number of rotatable bonds is 8. The number of hydrogen-bond donors (Lipinski definition) is 1. The lowest BCUT2D eigenvalue weighted by Crippen LogP contribution is -2.34. The second kappa shape index (κ2) is 8.47. The van der Waals surface area contributed by atoms with Crippen LogP contribution in [0.4, 0.5) is 0 Å². The Bertz CT molecular complexity index is 497. The Morgan fingerprint density at radius 2 is 2.10 bits per heavy atom. The quantitative estimate of drug-likeness (QED) is 0.591. The van der Waals surface area contributed by atoms with E-state index in [1.54, 1.807) is 13.2 Å². The molecule has 0 saturated carbocycles. The van der Waals surface area contributed by atoms with Gasteiger partial charge in [0.25, 0.3) is 0 Å². The standard InChI is InChI=1S/C17H25NO3/c1-6-7-18-15(11-16(19)20-4)10-14-9-12(2)8-13(3)17(14)21-5/h6,8-9,15,18H,1,7,10-11H2,2-5H3. The van der Waals surface area contributed by atoms with Gasteiger partial charge in [0.05, 0.1) is 20.6 Å². The highest BCUT2D eigenvalue weighted by Gasteiger charge is 2.17. The Labute approximate surface area is 127 Å². The summed E-state index contributed by atoms with van der Waals surface area (Å²) in [5.74, 6) is 0.663. The molecule has 1 unspecified atom stereocenters. The summed E-state index contributed by atoms with van der Waals surface area (Å²) in [6, 6.07) is 4.19. The minimum absolute atomic E-state index is 0.00875. The predicted octanol–water partition coefficient (Wildman–Crippen LogP) is 2.56. The van der Waals surface area contributed by atoms with E-state index >= 15 is 0 Å². The van der Waals surface area contributed by atoms with Crippen LogP contribution in [0.1, 0.15) is 23.1 Å². The molecule has 0 amide bonds. The first-order valence-electron chi connectivity index (χ1n) is 7.07. The number of aryl methyl sites for hydroxylation is 2. The maximum atomic E-state index is 11.5. The first-order chi connectivity index (χ1) is 10.0. The summed E-state index contributed by atoms with van der Waals surface area (Å²) >= 11 is 0. The lowest BCUT2D eigenvalue weighted by atomic mass is 9.98. The van der Waals surface area contributed by atoms with Crippen molar-refractivity contribution in [3.63, 3.8) is 0 Å². The number of methoxy groups -OCH3 is 2. The van der Waals surface area contributed by atoms with E-state index in [0.29, 0.717) is 19.4 Å². The van der Waals surface area contributed by atoms with Gasteiger partial charge in [-0.05, 0) is 31.4 Å². The van der Waals surface area contributed by atoms with Crippen LogP contribution in [-0.4, -0.2) is 32.8 Å². The van der Waals surface area contributed by atoms with Crippen molar-refractivity contribution >= 4 is 5.97 Å². The van der Waals surface area contributed by atoms with Gasteiger partial charge in [-0.15, -0.1) is 6.58 Å². The molecule has 116 valence electrons. The average Bonchev–Trinajstić information content (AvgIpc) is 2.44. The van der Waals surface area contributed by atoms with Crippen molar-refractivity contribution in [2.45, 2.75) is 32.7 Å². The molecule has 1 aromatic carbocycles. The summed E-state index contributed by atoms with van der Waals surface area (Å²) in [5, 5.41) is 3.30. The highest BCUT2D eigenvalue weighted by molar-refractivity contribution is 5.70. The lowest BCUT2D eigenvalue weighted by Gasteiger charge is -2.20. The molecule has 0 aliphatic carbocycles. The molecular weight excluding hydrogens is 266 g/mol. The summed E-state index contributed by atoms with van der Waals surface area (Å²) in [6.07, 6.45) is 2.80.